The molecule has 30 heavy (non-hydrogen) atoms. The van der Waals surface area contributed by atoms with E-state index in [4.69, 9.17) is 4.74 Å². The van der Waals surface area contributed by atoms with E-state index in [2.05, 4.69) is 67.6 Å². The number of carbonyl (C=O) groups is 1. The first-order chi connectivity index (χ1) is 14.2. The van der Waals surface area contributed by atoms with Crippen LogP contribution >= 0.6 is 11.3 Å². The monoisotopic (exact) mass is 422 g/mol. The van der Waals surface area contributed by atoms with Crippen molar-refractivity contribution in [1.29, 1.82) is 0 Å². The molecule has 0 fully saturated rings. The Labute approximate surface area is 183 Å². The second kappa shape index (κ2) is 9.43. The molecule has 1 heterocycles. The van der Waals surface area contributed by atoms with Gasteiger partial charge < -0.3 is 10.1 Å². The minimum atomic E-state index is -0.552. The number of benzene rings is 2. The number of nitrogens with one attached hydrogen (secondary N) is 1. The zero-order chi connectivity index (χ0) is 21.7. The molecule has 0 spiro atoms. The number of aromatic nitrogens is 1. The summed E-state index contributed by atoms with van der Waals surface area (Å²) in [6.45, 7) is 10.9. The molecule has 0 radical (unpaired) electrons. The van der Waals surface area contributed by atoms with Gasteiger partial charge in [-0.3, -0.25) is 4.79 Å². The summed E-state index contributed by atoms with van der Waals surface area (Å²) in [5.74, 6) is 0.580. The summed E-state index contributed by atoms with van der Waals surface area (Å²) in [6, 6.07) is 16.3. The van der Waals surface area contributed by atoms with Gasteiger partial charge in [-0.15, -0.1) is 11.3 Å². The first-order valence-electron chi connectivity index (χ1n) is 10.3. The molecule has 1 amide bonds. The van der Waals surface area contributed by atoms with Crippen LogP contribution in [0.4, 0.5) is 0 Å². The molecule has 1 N–H and O–H groups in total. The van der Waals surface area contributed by atoms with Crippen LogP contribution in [0.3, 0.4) is 0 Å². The zero-order valence-corrected chi connectivity index (χ0v) is 19.2. The van der Waals surface area contributed by atoms with Crippen LogP contribution in [-0.2, 0) is 16.6 Å². The van der Waals surface area contributed by atoms with Gasteiger partial charge in [-0.1, -0.05) is 62.7 Å². The van der Waals surface area contributed by atoms with Crippen LogP contribution in [0.15, 0.2) is 53.9 Å². The molecule has 0 saturated heterocycles. The Hall–Kier alpha value is -2.66. The van der Waals surface area contributed by atoms with Crippen molar-refractivity contribution in [3.8, 4) is 16.3 Å². The van der Waals surface area contributed by atoms with E-state index < -0.39 is 6.10 Å². The smallest absolute Gasteiger partial charge is 0.260 e. The first-order valence-corrected chi connectivity index (χ1v) is 11.2. The van der Waals surface area contributed by atoms with Crippen molar-refractivity contribution >= 4 is 17.2 Å². The summed E-state index contributed by atoms with van der Waals surface area (Å²) in [5, 5.41) is 6.00. The largest absolute Gasteiger partial charge is 0.481 e. The SMILES string of the molecule is Cc1ccc(-c2nc(CCNC(=O)[C@@H](C)Oc3ccc(C(C)(C)C)cc3)cs2)cc1. The van der Waals surface area contributed by atoms with Crippen LogP contribution in [0.2, 0.25) is 0 Å². The Morgan fingerprint density at radius 3 is 2.40 bits per heavy atom. The average molecular weight is 423 g/mol. The fourth-order valence-electron chi connectivity index (χ4n) is 3.00. The predicted octanol–water partition coefficient (Wildman–Crippen LogP) is 5.54. The van der Waals surface area contributed by atoms with Gasteiger partial charge in [0.25, 0.3) is 5.91 Å². The highest BCUT2D eigenvalue weighted by Gasteiger charge is 2.16. The fraction of sp³-hybridized carbons (Fsp3) is 0.360. The number of hydrogen-bond acceptors (Lipinski definition) is 4. The Bertz CT molecular complexity index is 970. The van der Waals surface area contributed by atoms with Gasteiger partial charge in [-0.25, -0.2) is 4.98 Å². The summed E-state index contributed by atoms with van der Waals surface area (Å²) in [4.78, 5) is 17.1. The van der Waals surface area contributed by atoms with Crippen molar-refractivity contribution in [2.24, 2.45) is 0 Å². The molecule has 1 atom stereocenters. The summed E-state index contributed by atoms with van der Waals surface area (Å²) >= 11 is 1.63. The van der Waals surface area contributed by atoms with E-state index in [1.54, 1.807) is 18.3 Å². The van der Waals surface area contributed by atoms with Crippen LogP contribution in [0.5, 0.6) is 5.75 Å². The van der Waals surface area contributed by atoms with Crippen molar-refractivity contribution in [2.75, 3.05) is 6.54 Å². The van der Waals surface area contributed by atoms with Gasteiger partial charge >= 0.3 is 0 Å². The van der Waals surface area contributed by atoms with E-state index in [1.165, 1.54) is 11.1 Å². The molecule has 158 valence electrons. The first kappa shape index (κ1) is 22.0. The molecule has 0 bridgehead atoms. The molecule has 0 aliphatic heterocycles. The third kappa shape index (κ3) is 5.92. The molecule has 2 aromatic carbocycles. The van der Waals surface area contributed by atoms with E-state index in [1.807, 2.05) is 24.3 Å². The number of thiazole rings is 1. The number of nitrogens with zero attached hydrogens (tertiary/aromatic N) is 1. The second-order valence-electron chi connectivity index (χ2n) is 8.59. The molecule has 0 saturated carbocycles. The Morgan fingerprint density at radius 1 is 1.10 bits per heavy atom. The van der Waals surface area contributed by atoms with Gasteiger partial charge in [0.2, 0.25) is 0 Å². The Balaban J connectivity index is 1.47. The quantitative estimate of drug-likeness (QED) is 0.544. The topological polar surface area (TPSA) is 51.2 Å². The molecule has 0 aliphatic carbocycles. The van der Waals surface area contributed by atoms with Crippen molar-refractivity contribution < 1.29 is 9.53 Å². The molecule has 4 nitrogen and oxygen atoms in total. The minimum Gasteiger partial charge on any atom is -0.481 e. The summed E-state index contributed by atoms with van der Waals surface area (Å²) in [7, 11) is 0. The number of ether oxygens (including phenoxy) is 1. The van der Waals surface area contributed by atoms with E-state index in [0.717, 1.165) is 16.3 Å². The van der Waals surface area contributed by atoms with Gasteiger partial charge in [0.05, 0.1) is 5.69 Å². The van der Waals surface area contributed by atoms with E-state index in [9.17, 15) is 4.79 Å². The van der Waals surface area contributed by atoms with E-state index >= 15 is 0 Å². The van der Waals surface area contributed by atoms with E-state index in [0.29, 0.717) is 18.7 Å². The summed E-state index contributed by atoms with van der Waals surface area (Å²) in [5.41, 5.74) is 4.68. The lowest BCUT2D eigenvalue weighted by molar-refractivity contribution is -0.127. The average Bonchev–Trinajstić information content (AvgIpc) is 3.17. The summed E-state index contributed by atoms with van der Waals surface area (Å²) < 4.78 is 5.79. The van der Waals surface area contributed by atoms with Crippen LogP contribution in [-0.4, -0.2) is 23.5 Å². The van der Waals surface area contributed by atoms with Gasteiger partial charge in [0.15, 0.2) is 6.10 Å². The van der Waals surface area contributed by atoms with Gasteiger partial charge in [-0.2, -0.15) is 0 Å². The van der Waals surface area contributed by atoms with Crippen LogP contribution in [0.25, 0.3) is 10.6 Å². The lowest BCUT2D eigenvalue weighted by Gasteiger charge is -2.20. The van der Waals surface area contributed by atoms with Gasteiger partial charge in [-0.05, 0) is 37.0 Å². The highest BCUT2D eigenvalue weighted by atomic mass is 32.1. The Kier molecular flexibility index (Phi) is 6.93. The third-order valence-corrected chi connectivity index (χ3v) is 5.87. The molecule has 3 aromatic rings. The maximum atomic E-state index is 12.4. The maximum absolute atomic E-state index is 12.4. The normalized spacial score (nSPS) is 12.4. The van der Waals surface area contributed by atoms with Gasteiger partial charge in [0.1, 0.15) is 10.8 Å². The molecule has 1 aromatic heterocycles. The number of rotatable bonds is 7. The number of carbonyl (C=O) groups excluding carboxylic acids is 1. The molecule has 0 aliphatic rings. The van der Waals surface area contributed by atoms with Crippen LogP contribution < -0.4 is 10.1 Å². The summed E-state index contributed by atoms with van der Waals surface area (Å²) in [6.07, 6.45) is 0.144. The lowest BCUT2D eigenvalue weighted by Crippen LogP contribution is -2.37. The lowest BCUT2D eigenvalue weighted by atomic mass is 9.87. The molecule has 0 unspecified atom stereocenters. The number of aryl methyl sites for hydroxylation is 1. The Morgan fingerprint density at radius 2 is 1.77 bits per heavy atom. The zero-order valence-electron chi connectivity index (χ0n) is 18.4. The minimum absolute atomic E-state index is 0.0938. The third-order valence-electron chi connectivity index (χ3n) is 4.93. The molecule has 3 rings (SSSR count). The fourth-order valence-corrected chi connectivity index (χ4v) is 3.86. The molecular formula is C25H30N2O2S. The number of amides is 1. The van der Waals surface area contributed by atoms with Gasteiger partial charge in [0, 0.05) is 23.9 Å². The van der Waals surface area contributed by atoms with E-state index in [-0.39, 0.29) is 11.3 Å². The molecular weight excluding hydrogens is 392 g/mol. The number of hydrogen-bond donors (Lipinski definition) is 1. The maximum Gasteiger partial charge on any atom is 0.260 e. The van der Waals surface area contributed by atoms with Crippen molar-refractivity contribution in [1.82, 2.24) is 10.3 Å². The van der Waals surface area contributed by atoms with Crippen molar-refractivity contribution in [3.63, 3.8) is 0 Å². The van der Waals surface area contributed by atoms with Crippen molar-refractivity contribution in [3.05, 3.63) is 70.7 Å². The standard InChI is InChI=1S/C25H30N2O2S/c1-17-6-8-19(9-7-17)24-27-21(16-30-24)14-15-26-23(28)18(2)29-22-12-10-20(11-13-22)25(3,4)5/h6-13,16,18H,14-15H2,1-5H3,(H,26,28)/t18-/m1/s1. The van der Waals surface area contributed by atoms with Crippen LogP contribution in [0, 0.1) is 6.92 Å². The van der Waals surface area contributed by atoms with Crippen molar-refractivity contribution in [2.45, 2.75) is 52.6 Å². The van der Waals surface area contributed by atoms with Crippen LogP contribution in [0.1, 0.15) is 44.5 Å². The second-order valence-corrected chi connectivity index (χ2v) is 9.44. The highest BCUT2D eigenvalue weighted by molar-refractivity contribution is 7.13. The highest BCUT2D eigenvalue weighted by Crippen LogP contribution is 2.25. The molecule has 5 heteroatoms. The predicted molar refractivity (Wildman–Crippen MR) is 124 cm³/mol.